The van der Waals surface area contributed by atoms with Crippen molar-refractivity contribution < 1.29 is 24.2 Å². The van der Waals surface area contributed by atoms with E-state index in [0.29, 0.717) is 17.9 Å². The lowest BCUT2D eigenvalue weighted by atomic mass is 9.95. The van der Waals surface area contributed by atoms with Crippen molar-refractivity contribution >= 4 is 17.9 Å². The molecule has 0 spiro atoms. The van der Waals surface area contributed by atoms with Crippen LogP contribution in [0.3, 0.4) is 0 Å². The molecule has 0 aliphatic carbocycles. The van der Waals surface area contributed by atoms with E-state index in [1.54, 1.807) is 49.9 Å². The van der Waals surface area contributed by atoms with Crippen molar-refractivity contribution in [3.8, 4) is 5.75 Å². The van der Waals surface area contributed by atoms with E-state index in [4.69, 9.17) is 4.74 Å². The molecule has 0 radical (unpaired) electrons. The highest BCUT2D eigenvalue weighted by Crippen LogP contribution is 2.29. The number of alkyl carbamates (subject to hydrolysis) is 1. The summed E-state index contributed by atoms with van der Waals surface area (Å²) >= 11 is 0. The third kappa shape index (κ3) is 11.9. The van der Waals surface area contributed by atoms with Gasteiger partial charge >= 0.3 is 6.09 Å². The van der Waals surface area contributed by atoms with Gasteiger partial charge in [0.1, 0.15) is 23.4 Å². The van der Waals surface area contributed by atoms with Crippen LogP contribution in [0, 0.1) is 12.8 Å². The second-order valence-corrected chi connectivity index (χ2v) is 13.2. The molecule has 43 heavy (non-hydrogen) atoms. The number of aryl methyl sites for hydroxylation is 1. The molecule has 8 nitrogen and oxygen atoms in total. The van der Waals surface area contributed by atoms with Crippen LogP contribution in [-0.4, -0.2) is 51.6 Å². The number of hydrogen-bond acceptors (Lipinski definition) is 5. The Morgan fingerprint density at radius 3 is 2.14 bits per heavy atom. The Morgan fingerprint density at radius 2 is 1.58 bits per heavy atom. The molecule has 0 heterocycles. The van der Waals surface area contributed by atoms with Gasteiger partial charge in [-0.05, 0) is 90.0 Å². The summed E-state index contributed by atoms with van der Waals surface area (Å²) in [6.45, 7) is 17.5. The minimum atomic E-state index is -1.02. The van der Waals surface area contributed by atoms with Gasteiger partial charge in [-0.15, -0.1) is 0 Å². The Kier molecular flexibility index (Phi) is 13.5. The number of benzene rings is 2. The molecule has 0 aliphatic heterocycles. The summed E-state index contributed by atoms with van der Waals surface area (Å²) < 4.78 is 5.54. The third-order valence-corrected chi connectivity index (χ3v) is 7.25. The smallest absolute Gasteiger partial charge is 0.408 e. The zero-order valence-electron chi connectivity index (χ0n) is 27.6. The quantitative estimate of drug-likeness (QED) is 0.222. The molecule has 4 unspecified atom stereocenters. The lowest BCUT2D eigenvalue weighted by molar-refractivity contribution is -0.145. The van der Waals surface area contributed by atoms with Crippen LogP contribution in [0.25, 0.3) is 0 Å². The summed E-state index contributed by atoms with van der Waals surface area (Å²) in [6, 6.07) is 11.9. The zero-order valence-corrected chi connectivity index (χ0v) is 27.6. The molecule has 3 amide bonds. The van der Waals surface area contributed by atoms with Crippen molar-refractivity contribution in [3.63, 3.8) is 0 Å². The molecule has 0 saturated heterocycles. The molecule has 4 atom stereocenters. The fraction of sp³-hybridized carbons (Fsp3) is 0.571. The zero-order chi connectivity index (χ0) is 32.3. The number of hydrogen-bond donors (Lipinski definition) is 3. The molecular formula is C35H53N3O5. The van der Waals surface area contributed by atoms with Gasteiger partial charge in [-0.25, -0.2) is 4.79 Å². The minimum absolute atomic E-state index is 0.0691. The molecule has 2 rings (SSSR count). The van der Waals surface area contributed by atoms with E-state index < -0.39 is 23.8 Å². The average molecular weight is 596 g/mol. The second-order valence-electron chi connectivity index (χ2n) is 13.2. The SMILES string of the molecule is CCCC(C)NC(=O)C(c1cccc(C)c1)N(C(=O)C(Cc1ccc(O)cc1)NC(=O)OC(C)(C)C)C(C)CCC(C)C. The van der Waals surface area contributed by atoms with E-state index in [1.807, 2.05) is 45.0 Å². The summed E-state index contributed by atoms with van der Waals surface area (Å²) in [4.78, 5) is 43.6. The molecule has 8 heteroatoms. The van der Waals surface area contributed by atoms with Crippen molar-refractivity contribution in [2.75, 3.05) is 0 Å². The highest BCUT2D eigenvalue weighted by Gasteiger charge is 2.39. The summed E-state index contributed by atoms with van der Waals surface area (Å²) in [7, 11) is 0. The van der Waals surface area contributed by atoms with Crippen molar-refractivity contribution in [3.05, 3.63) is 65.2 Å². The van der Waals surface area contributed by atoms with Gasteiger partial charge in [0.2, 0.25) is 11.8 Å². The molecule has 3 N–H and O–H groups in total. The molecule has 0 aliphatic rings. The predicted octanol–water partition coefficient (Wildman–Crippen LogP) is 6.84. The highest BCUT2D eigenvalue weighted by molar-refractivity contribution is 5.92. The highest BCUT2D eigenvalue weighted by atomic mass is 16.6. The van der Waals surface area contributed by atoms with E-state index in [2.05, 4.69) is 31.4 Å². The van der Waals surface area contributed by atoms with E-state index >= 15 is 0 Å². The first-order chi connectivity index (χ1) is 20.1. The van der Waals surface area contributed by atoms with Crippen molar-refractivity contribution in [1.82, 2.24) is 15.5 Å². The first-order valence-corrected chi connectivity index (χ1v) is 15.6. The largest absolute Gasteiger partial charge is 0.508 e. The molecular weight excluding hydrogens is 542 g/mol. The number of nitrogens with one attached hydrogen (secondary N) is 2. The lowest BCUT2D eigenvalue weighted by Crippen LogP contribution is -2.56. The molecule has 2 aromatic rings. The first kappa shape index (κ1) is 35.6. The van der Waals surface area contributed by atoms with Gasteiger partial charge in [0.25, 0.3) is 0 Å². The van der Waals surface area contributed by atoms with Gasteiger partial charge in [0.05, 0.1) is 0 Å². The second kappa shape index (κ2) is 16.3. The number of aromatic hydroxyl groups is 1. The fourth-order valence-electron chi connectivity index (χ4n) is 5.12. The molecule has 2 aromatic carbocycles. The minimum Gasteiger partial charge on any atom is -0.508 e. The number of carbonyl (C=O) groups is 3. The van der Waals surface area contributed by atoms with Gasteiger partial charge in [0, 0.05) is 18.5 Å². The van der Waals surface area contributed by atoms with E-state index in [1.165, 1.54) is 0 Å². The van der Waals surface area contributed by atoms with Crippen LogP contribution in [0.5, 0.6) is 5.75 Å². The van der Waals surface area contributed by atoms with E-state index in [0.717, 1.165) is 30.4 Å². The maximum Gasteiger partial charge on any atom is 0.408 e. The van der Waals surface area contributed by atoms with Crippen molar-refractivity contribution in [1.29, 1.82) is 0 Å². The van der Waals surface area contributed by atoms with E-state index in [-0.39, 0.29) is 36.1 Å². The lowest BCUT2D eigenvalue weighted by Gasteiger charge is -2.39. The van der Waals surface area contributed by atoms with Crippen LogP contribution < -0.4 is 10.6 Å². The standard InChI is InChI=1S/C35H53N3O5/c1-10-12-25(5)36-32(40)31(28-14-11-13-24(4)21-28)38(26(6)16-15-23(2)3)33(41)30(37-34(42)43-35(7,8)9)22-27-17-19-29(39)20-18-27/h11,13-14,17-21,23,25-26,30-31,39H,10,12,15-16,22H2,1-9H3,(H,36,40)(H,37,42). The number of phenolic OH excluding ortho intramolecular Hbond substituents is 1. The topological polar surface area (TPSA) is 108 Å². The van der Waals surface area contributed by atoms with Crippen LogP contribution in [-0.2, 0) is 20.7 Å². The van der Waals surface area contributed by atoms with Crippen LogP contribution in [0.15, 0.2) is 48.5 Å². The normalized spacial score (nSPS) is 14.4. The Labute approximate surface area is 258 Å². The number of phenols is 1. The molecule has 0 saturated carbocycles. The molecule has 0 aromatic heterocycles. The summed E-state index contributed by atoms with van der Waals surface area (Å²) in [6.07, 6.45) is 2.71. The van der Waals surface area contributed by atoms with Gasteiger partial charge in [0.15, 0.2) is 0 Å². The number of carbonyl (C=O) groups excluding carboxylic acids is 3. The van der Waals surface area contributed by atoms with Gasteiger partial charge in [-0.3, -0.25) is 9.59 Å². The molecule has 0 fully saturated rings. The van der Waals surface area contributed by atoms with Crippen LogP contribution >= 0.6 is 0 Å². The summed E-state index contributed by atoms with van der Waals surface area (Å²) in [5, 5.41) is 15.8. The Bertz CT molecular complexity index is 1190. The first-order valence-electron chi connectivity index (χ1n) is 15.6. The van der Waals surface area contributed by atoms with Gasteiger partial charge in [-0.2, -0.15) is 0 Å². The van der Waals surface area contributed by atoms with E-state index in [9.17, 15) is 19.5 Å². The number of ether oxygens (including phenoxy) is 1. The molecule has 238 valence electrons. The maximum atomic E-state index is 14.7. The third-order valence-electron chi connectivity index (χ3n) is 7.25. The van der Waals surface area contributed by atoms with Crippen molar-refractivity contribution in [2.24, 2.45) is 5.92 Å². The molecule has 0 bridgehead atoms. The Morgan fingerprint density at radius 1 is 0.930 bits per heavy atom. The summed E-state index contributed by atoms with van der Waals surface area (Å²) in [5.41, 5.74) is 1.67. The Balaban J connectivity index is 2.66. The van der Waals surface area contributed by atoms with Crippen LogP contribution in [0.1, 0.15) is 104 Å². The van der Waals surface area contributed by atoms with Gasteiger partial charge < -0.3 is 25.4 Å². The number of amides is 3. The fourth-order valence-corrected chi connectivity index (χ4v) is 5.12. The van der Waals surface area contributed by atoms with Gasteiger partial charge in [-0.1, -0.05) is 69.2 Å². The predicted molar refractivity (Wildman–Crippen MR) is 172 cm³/mol. The van der Waals surface area contributed by atoms with Crippen molar-refractivity contribution in [2.45, 2.75) is 124 Å². The monoisotopic (exact) mass is 595 g/mol. The van der Waals surface area contributed by atoms with Crippen LogP contribution in [0.4, 0.5) is 4.79 Å². The number of nitrogens with zero attached hydrogens (tertiary/aromatic N) is 1. The average Bonchev–Trinajstić information content (AvgIpc) is 2.89. The van der Waals surface area contributed by atoms with Crippen LogP contribution in [0.2, 0.25) is 0 Å². The Hall–Kier alpha value is -3.55. The summed E-state index contributed by atoms with van der Waals surface area (Å²) in [5.74, 6) is -0.118. The maximum absolute atomic E-state index is 14.7. The number of rotatable bonds is 14.